The Labute approximate surface area is 115 Å². The van der Waals surface area contributed by atoms with Gasteiger partial charge in [-0.3, -0.25) is 4.68 Å². The van der Waals surface area contributed by atoms with Gasteiger partial charge < -0.3 is 10.8 Å². The summed E-state index contributed by atoms with van der Waals surface area (Å²) in [7, 11) is 1.87. The number of hydrogen-bond donors (Lipinski definition) is 2. The second kappa shape index (κ2) is 5.36. The normalized spacial score (nSPS) is 10.6. The lowest BCUT2D eigenvalue weighted by Gasteiger charge is -2.08. The fraction of sp³-hybridized carbons (Fsp3) is 0.231. The number of nitrogens with two attached hydrogens (primary N) is 1. The molecule has 0 radical (unpaired) electrons. The first-order valence-corrected chi connectivity index (χ1v) is 6.71. The van der Waals surface area contributed by atoms with E-state index in [2.05, 4.69) is 5.10 Å². The third-order valence-corrected chi connectivity index (χ3v) is 3.86. The van der Waals surface area contributed by atoms with Crippen molar-refractivity contribution in [3.63, 3.8) is 0 Å². The number of anilines is 1. The Bertz CT molecular complexity index is 622. The van der Waals surface area contributed by atoms with Crippen molar-refractivity contribution in [2.75, 3.05) is 5.73 Å². The van der Waals surface area contributed by atoms with Crippen LogP contribution in [0, 0.1) is 6.92 Å². The number of rotatable bonds is 4. The summed E-state index contributed by atoms with van der Waals surface area (Å²) in [6.07, 6.45) is 0. The fourth-order valence-electron chi connectivity index (χ4n) is 1.87. The lowest BCUT2D eigenvalue weighted by molar-refractivity contribution is 0.0697. The first kappa shape index (κ1) is 13.5. The monoisotopic (exact) mass is 277 g/mol. The van der Waals surface area contributed by atoms with E-state index in [-0.39, 0.29) is 5.56 Å². The van der Waals surface area contributed by atoms with E-state index in [1.165, 1.54) is 0 Å². The number of carboxylic acid groups (broad SMARTS) is 1. The summed E-state index contributed by atoms with van der Waals surface area (Å²) in [6.45, 7) is 1.92. The third-order valence-electron chi connectivity index (χ3n) is 2.73. The van der Waals surface area contributed by atoms with Crippen molar-refractivity contribution in [2.24, 2.45) is 7.05 Å². The molecule has 6 heteroatoms. The molecule has 0 aliphatic carbocycles. The Morgan fingerprint density at radius 3 is 2.84 bits per heavy atom. The first-order valence-electron chi connectivity index (χ1n) is 5.73. The number of aromatic carboxylic acids is 1. The number of aryl methyl sites for hydroxylation is 2. The van der Waals surface area contributed by atoms with Crippen molar-refractivity contribution in [3.05, 3.63) is 41.1 Å². The van der Waals surface area contributed by atoms with Gasteiger partial charge >= 0.3 is 5.97 Å². The molecule has 0 spiro atoms. The molecular formula is C13H15N3O2S. The maximum Gasteiger partial charge on any atom is 0.338 e. The van der Waals surface area contributed by atoms with Crippen molar-refractivity contribution in [3.8, 4) is 0 Å². The molecule has 0 bridgehead atoms. The number of thioether (sulfide) groups is 1. The molecule has 19 heavy (non-hydrogen) atoms. The number of nitrogen functional groups attached to an aromatic ring is 1. The van der Waals surface area contributed by atoms with Gasteiger partial charge in [0.1, 0.15) is 0 Å². The highest BCUT2D eigenvalue weighted by molar-refractivity contribution is 7.98. The minimum atomic E-state index is -0.991. The van der Waals surface area contributed by atoms with E-state index < -0.39 is 5.97 Å². The second-order valence-electron chi connectivity index (χ2n) is 4.22. The van der Waals surface area contributed by atoms with Crippen LogP contribution in [0.3, 0.4) is 0 Å². The Balaban J connectivity index is 2.22. The van der Waals surface area contributed by atoms with E-state index in [0.717, 1.165) is 16.3 Å². The summed E-state index contributed by atoms with van der Waals surface area (Å²) < 4.78 is 1.78. The van der Waals surface area contributed by atoms with Crippen LogP contribution < -0.4 is 5.73 Å². The number of aromatic nitrogens is 2. The lowest BCUT2D eigenvalue weighted by Crippen LogP contribution is -2.06. The Morgan fingerprint density at radius 1 is 1.53 bits per heavy atom. The highest BCUT2D eigenvalue weighted by atomic mass is 32.2. The summed E-state index contributed by atoms with van der Waals surface area (Å²) in [5, 5.41) is 14.4. The summed E-state index contributed by atoms with van der Waals surface area (Å²) >= 11 is 1.54. The van der Waals surface area contributed by atoms with Gasteiger partial charge in [0, 0.05) is 18.5 Å². The van der Waals surface area contributed by atoms with E-state index >= 15 is 0 Å². The van der Waals surface area contributed by atoms with Crippen LogP contribution >= 0.6 is 11.8 Å². The fourth-order valence-corrected chi connectivity index (χ4v) is 2.90. The Morgan fingerprint density at radius 2 is 2.26 bits per heavy atom. The van der Waals surface area contributed by atoms with Gasteiger partial charge in [0.05, 0.1) is 16.3 Å². The zero-order valence-electron chi connectivity index (χ0n) is 10.8. The highest BCUT2D eigenvalue weighted by Gasteiger charge is 2.14. The quantitative estimate of drug-likeness (QED) is 0.662. The molecule has 0 saturated heterocycles. The predicted molar refractivity (Wildman–Crippen MR) is 75.3 cm³/mol. The van der Waals surface area contributed by atoms with Crippen molar-refractivity contribution in [2.45, 2.75) is 17.7 Å². The van der Waals surface area contributed by atoms with E-state index in [0.29, 0.717) is 11.4 Å². The molecule has 1 aromatic heterocycles. The van der Waals surface area contributed by atoms with Crippen molar-refractivity contribution in [1.29, 1.82) is 0 Å². The van der Waals surface area contributed by atoms with Gasteiger partial charge in [-0.05, 0) is 24.6 Å². The molecule has 0 amide bonds. The minimum Gasteiger partial charge on any atom is -0.478 e. The second-order valence-corrected chi connectivity index (χ2v) is 5.22. The van der Waals surface area contributed by atoms with E-state index in [9.17, 15) is 9.90 Å². The smallest absolute Gasteiger partial charge is 0.338 e. The van der Waals surface area contributed by atoms with Gasteiger partial charge in [-0.25, -0.2) is 4.79 Å². The van der Waals surface area contributed by atoms with Gasteiger partial charge in [-0.15, -0.1) is 11.8 Å². The molecule has 1 heterocycles. The van der Waals surface area contributed by atoms with Crippen molar-refractivity contribution < 1.29 is 9.90 Å². The van der Waals surface area contributed by atoms with Crippen molar-refractivity contribution in [1.82, 2.24) is 9.78 Å². The van der Waals surface area contributed by atoms with E-state index in [4.69, 9.17) is 5.73 Å². The number of carboxylic acids is 1. The molecule has 1 aromatic carbocycles. The number of nitrogens with zero attached hydrogens (tertiary/aromatic N) is 2. The zero-order valence-corrected chi connectivity index (χ0v) is 11.6. The van der Waals surface area contributed by atoms with Crippen LogP contribution in [-0.4, -0.2) is 20.9 Å². The van der Waals surface area contributed by atoms with Crippen molar-refractivity contribution >= 4 is 23.4 Å². The SMILES string of the molecule is Cc1cc(SCc2cccc(N)c2C(=O)O)n(C)n1. The Hall–Kier alpha value is -1.95. The standard InChI is InChI=1S/C13H15N3O2S/c1-8-6-11(16(2)15-8)19-7-9-4-3-5-10(14)12(9)13(17)18/h3-6H,7,14H2,1-2H3,(H,17,18). The molecule has 2 rings (SSSR count). The largest absolute Gasteiger partial charge is 0.478 e. The zero-order chi connectivity index (χ0) is 14.0. The topological polar surface area (TPSA) is 81.1 Å². The van der Waals surface area contributed by atoms with Crippen LogP contribution in [0.5, 0.6) is 0 Å². The van der Waals surface area contributed by atoms with Gasteiger partial charge in [-0.2, -0.15) is 5.10 Å². The molecule has 2 aromatic rings. The van der Waals surface area contributed by atoms with Crippen LogP contribution in [0.2, 0.25) is 0 Å². The average molecular weight is 277 g/mol. The van der Waals surface area contributed by atoms with Crippen LogP contribution in [0.4, 0.5) is 5.69 Å². The van der Waals surface area contributed by atoms with Gasteiger partial charge in [0.15, 0.2) is 0 Å². The molecular weight excluding hydrogens is 262 g/mol. The number of hydrogen-bond acceptors (Lipinski definition) is 4. The van der Waals surface area contributed by atoms with E-state index in [1.807, 2.05) is 20.0 Å². The molecule has 0 aliphatic rings. The summed E-state index contributed by atoms with van der Waals surface area (Å²) in [4.78, 5) is 11.2. The summed E-state index contributed by atoms with van der Waals surface area (Å²) in [5.41, 5.74) is 7.86. The maximum atomic E-state index is 11.2. The molecule has 0 fully saturated rings. The first-order chi connectivity index (χ1) is 8.99. The molecule has 100 valence electrons. The summed E-state index contributed by atoms with van der Waals surface area (Å²) in [5.74, 6) is -0.444. The number of carbonyl (C=O) groups is 1. The molecule has 0 unspecified atom stereocenters. The molecule has 0 saturated carbocycles. The summed E-state index contributed by atoms with van der Waals surface area (Å²) in [6, 6.07) is 7.13. The molecule has 5 nitrogen and oxygen atoms in total. The average Bonchev–Trinajstić information content (AvgIpc) is 2.64. The number of benzene rings is 1. The predicted octanol–water partition coefficient (Wildman–Crippen LogP) is 2.30. The van der Waals surface area contributed by atoms with Crippen LogP contribution in [0.1, 0.15) is 21.6 Å². The van der Waals surface area contributed by atoms with Gasteiger partial charge in [0.25, 0.3) is 0 Å². The molecule has 3 N–H and O–H groups in total. The van der Waals surface area contributed by atoms with Crippen LogP contribution in [0.15, 0.2) is 29.3 Å². The van der Waals surface area contributed by atoms with Gasteiger partial charge in [0.2, 0.25) is 0 Å². The highest BCUT2D eigenvalue weighted by Crippen LogP contribution is 2.27. The van der Waals surface area contributed by atoms with Crippen LogP contribution in [-0.2, 0) is 12.8 Å². The van der Waals surface area contributed by atoms with Crippen LogP contribution in [0.25, 0.3) is 0 Å². The Kier molecular flexibility index (Phi) is 3.80. The van der Waals surface area contributed by atoms with E-state index in [1.54, 1.807) is 34.6 Å². The molecule has 0 aliphatic heterocycles. The lowest BCUT2D eigenvalue weighted by atomic mass is 10.1. The maximum absolute atomic E-state index is 11.2. The third kappa shape index (κ3) is 2.90. The molecule has 0 atom stereocenters. The van der Waals surface area contributed by atoms with Gasteiger partial charge in [-0.1, -0.05) is 12.1 Å². The minimum absolute atomic E-state index is 0.189.